The molecule has 1 amide bonds. The monoisotopic (exact) mass is 256 g/mol. The van der Waals surface area contributed by atoms with Gasteiger partial charge in [0.05, 0.1) is 13.2 Å². The van der Waals surface area contributed by atoms with Gasteiger partial charge in [0.2, 0.25) is 5.91 Å². The quantitative estimate of drug-likeness (QED) is 0.781. The van der Waals surface area contributed by atoms with Gasteiger partial charge in [0, 0.05) is 25.0 Å². The van der Waals surface area contributed by atoms with E-state index in [1.807, 2.05) is 20.8 Å². The van der Waals surface area contributed by atoms with Gasteiger partial charge in [-0.25, -0.2) is 0 Å². The van der Waals surface area contributed by atoms with E-state index in [4.69, 9.17) is 4.74 Å². The first kappa shape index (κ1) is 15.1. The van der Waals surface area contributed by atoms with E-state index in [0.29, 0.717) is 26.2 Å². The van der Waals surface area contributed by atoms with Crippen LogP contribution in [0, 0.1) is 0 Å². The van der Waals surface area contributed by atoms with Crippen molar-refractivity contribution in [2.45, 2.75) is 52.2 Å². The van der Waals surface area contributed by atoms with Crippen molar-refractivity contribution in [3.63, 3.8) is 0 Å². The summed E-state index contributed by atoms with van der Waals surface area (Å²) < 4.78 is 5.38. The highest BCUT2D eigenvalue weighted by molar-refractivity contribution is 5.82. The third kappa shape index (κ3) is 4.38. The maximum Gasteiger partial charge on any atom is 0.239 e. The van der Waals surface area contributed by atoms with Crippen molar-refractivity contribution >= 4 is 11.7 Å². The van der Waals surface area contributed by atoms with Crippen molar-refractivity contribution in [3.05, 3.63) is 0 Å². The molecule has 18 heavy (non-hydrogen) atoms. The standard InChI is InChI=1S/C13H24N2O3/c1-9(2)14-13(17)12-8-18-6-5-15(12)10(3)7-11(4)16/h9-10,12H,5-8H2,1-4H3,(H,14,17). The molecule has 0 radical (unpaired) electrons. The van der Waals surface area contributed by atoms with E-state index in [-0.39, 0.29) is 29.8 Å². The number of carbonyl (C=O) groups excluding carboxylic acids is 2. The van der Waals surface area contributed by atoms with Gasteiger partial charge in [-0.1, -0.05) is 0 Å². The summed E-state index contributed by atoms with van der Waals surface area (Å²) >= 11 is 0. The summed E-state index contributed by atoms with van der Waals surface area (Å²) in [5, 5.41) is 2.91. The molecule has 0 aromatic heterocycles. The van der Waals surface area contributed by atoms with Gasteiger partial charge in [-0.15, -0.1) is 0 Å². The second-order valence-electron chi connectivity index (χ2n) is 5.25. The molecule has 0 aromatic rings. The molecule has 1 aliphatic rings. The van der Waals surface area contributed by atoms with Crippen LogP contribution in [0.1, 0.15) is 34.1 Å². The molecule has 1 heterocycles. The van der Waals surface area contributed by atoms with Crippen molar-refractivity contribution in [2.75, 3.05) is 19.8 Å². The van der Waals surface area contributed by atoms with Gasteiger partial charge in [-0.2, -0.15) is 0 Å². The summed E-state index contributed by atoms with van der Waals surface area (Å²) in [5.74, 6) is 0.136. The molecule has 0 aromatic carbocycles. The van der Waals surface area contributed by atoms with Crippen molar-refractivity contribution in [1.82, 2.24) is 10.2 Å². The Labute approximate surface area is 109 Å². The highest BCUT2D eigenvalue weighted by Crippen LogP contribution is 2.14. The molecule has 1 N–H and O–H groups in total. The van der Waals surface area contributed by atoms with Gasteiger partial charge in [0.15, 0.2) is 0 Å². The molecule has 5 heteroatoms. The smallest absolute Gasteiger partial charge is 0.239 e. The fourth-order valence-corrected chi connectivity index (χ4v) is 2.28. The number of ether oxygens (including phenoxy) is 1. The lowest BCUT2D eigenvalue weighted by molar-refractivity contribution is -0.136. The number of hydrogen-bond acceptors (Lipinski definition) is 4. The zero-order valence-electron chi connectivity index (χ0n) is 11.7. The fourth-order valence-electron chi connectivity index (χ4n) is 2.28. The Kier molecular flexibility index (Phi) is 5.75. The van der Waals surface area contributed by atoms with Crippen molar-refractivity contribution in [1.29, 1.82) is 0 Å². The van der Waals surface area contributed by atoms with Gasteiger partial charge in [-0.3, -0.25) is 14.5 Å². The summed E-state index contributed by atoms with van der Waals surface area (Å²) in [5.41, 5.74) is 0. The largest absolute Gasteiger partial charge is 0.378 e. The van der Waals surface area contributed by atoms with Gasteiger partial charge >= 0.3 is 0 Å². The molecule has 104 valence electrons. The molecule has 1 saturated heterocycles. The zero-order chi connectivity index (χ0) is 13.7. The number of morpholine rings is 1. The van der Waals surface area contributed by atoms with E-state index in [1.165, 1.54) is 0 Å². The van der Waals surface area contributed by atoms with E-state index in [9.17, 15) is 9.59 Å². The Hall–Kier alpha value is -0.940. The Morgan fingerprint density at radius 3 is 2.61 bits per heavy atom. The Morgan fingerprint density at radius 1 is 1.39 bits per heavy atom. The predicted molar refractivity (Wildman–Crippen MR) is 69.4 cm³/mol. The normalized spacial score (nSPS) is 22.8. The van der Waals surface area contributed by atoms with Crippen LogP contribution in [0.3, 0.4) is 0 Å². The van der Waals surface area contributed by atoms with Crippen molar-refractivity contribution < 1.29 is 14.3 Å². The predicted octanol–water partition coefficient (Wildman–Crippen LogP) is 0.579. The van der Waals surface area contributed by atoms with E-state index >= 15 is 0 Å². The lowest BCUT2D eigenvalue weighted by Crippen LogP contribution is -2.57. The average Bonchev–Trinajstić information content (AvgIpc) is 2.27. The number of carbonyl (C=O) groups is 2. The van der Waals surface area contributed by atoms with E-state index < -0.39 is 0 Å². The maximum absolute atomic E-state index is 12.1. The topological polar surface area (TPSA) is 58.6 Å². The number of amides is 1. The average molecular weight is 256 g/mol. The highest BCUT2D eigenvalue weighted by Gasteiger charge is 2.32. The van der Waals surface area contributed by atoms with Gasteiger partial charge < -0.3 is 10.1 Å². The number of rotatable bonds is 5. The fraction of sp³-hybridized carbons (Fsp3) is 0.846. The summed E-state index contributed by atoms with van der Waals surface area (Å²) in [6.45, 7) is 9.16. The van der Waals surface area contributed by atoms with Crippen LogP contribution in [-0.4, -0.2) is 54.5 Å². The zero-order valence-corrected chi connectivity index (χ0v) is 11.7. The summed E-state index contributed by atoms with van der Waals surface area (Å²) in [7, 11) is 0. The highest BCUT2D eigenvalue weighted by atomic mass is 16.5. The first-order valence-electron chi connectivity index (χ1n) is 6.55. The Balaban J connectivity index is 2.66. The molecule has 1 fully saturated rings. The van der Waals surface area contributed by atoms with Crippen LogP contribution in [0.4, 0.5) is 0 Å². The SMILES string of the molecule is CC(=O)CC(C)N1CCOCC1C(=O)NC(C)C. The van der Waals surface area contributed by atoms with Crippen molar-refractivity contribution in [3.8, 4) is 0 Å². The Morgan fingerprint density at radius 2 is 2.06 bits per heavy atom. The van der Waals surface area contributed by atoms with Crippen LogP contribution >= 0.6 is 0 Å². The van der Waals surface area contributed by atoms with Crippen LogP contribution in [-0.2, 0) is 14.3 Å². The number of nitrogens with one attached hydrogen (secondary N) is 1. The molecule has 0 saturated carbocycles. The summed E-state index contributed by atoms with van der Waals surface area (Å²) in [6, 6.07) is -0.0887. The Bertz CT molecular complexity index is 305. The van der Waals surface area contributed by atoms with E-state index in [0.717, 1.165) is 0 Å². The third-order valence-electron chi connectivity index (χ3n) is 3.05. The molecule has 2 unspecified atom stereocenters. The van der Waals surface area contributed by atoms with Crippen LogP contribution in [0.2, 0.25) is 0 Å². The van der Waals surface area contributed by atoms with Crippen LogP contribution in [0.5, 0.6) is 0 Å². The van der Waals surface area contributed by atoms with Crippen LogP contribution in [0.15, 0.2) is 0 Å². The molecule has 0 bridgehead atoms. The van der Waals surface area contributed by atoms with Crippen LogP contribution < -0.4 is 5.32 Å². The molecular formula is C13H24N2O3. The van der Waals surface area contributed by atoms with Gasteiger partial charge in [-0.05, 0) is 27.7 Å². The lowest BCUT2D eigenvalue weighted by atomic mass is 10.1. The molecular weight excluding hydrogens is 232 g/mol. The minimum atomic E-state index is -0.282. The second-order valence-corrected chi connectivity index (χ2v) is 5.25. The summed E-state index contributed by atoms with van der Waals surface area (Å²) in [6.07, 6.45) is 0.478. The second kappa shape index (κ2) is 6.85. The molecule has 2 atom stereocenters. The minimum absolute atomic E-state index is 0.0138. The molecule has 5 nitrogen and oxygen atoms in total. The van der Waals surface area contributed by atoms with E-state index in [2.05, 4.69) is 10.2 Å². The van der Waals surface area contributed by atoms with Crippen molar-refractivity contribution in [2.24, 2.45) is 0 Å². The maximum atomic E-state index is 12.1. The number of ketones is 1. The molecule has 0 spiro atoms. The number of Topliss-reactive ketones (excluding diaryl/α,β-unsaturated/α-hetero) is 1. The lowest BCUT2D eigenvalue weighted by Gasteiger charge is -2.38. The van der Waals surface area contributed by atoms with Gasteiger partial charge in [0.1, 0.15) is 11.8 Å². The van der Waals surface area contributed by atoms with Crippen LogP contribution in [0.25, 0.3) is 0 Å². The first-order valence-corrected chi connectivity index (χ1v) is 6.55. The summed E-state index contributed by atoms with van der Waals surface area (Å²) in [4.78, 5) is 25.4. The third-order valence-corrected chi connectivity index (χ3v) is 3.05. The molecule has 1 aliphatic heterocycles. The minimum Gasteiger partial charge on any atom is -0.378 e. The van der Waals surface area contributed by atoms with E-state index in [1.54, 1.807) is 6.92 Å². The first-order chi connectivity index (χ1) is 8.41. The molecule has 0 aliphatic carbocycles. The molecule has 1 rings (SSSR count). The number of hydrogen-bond donors (Lipinski definition) is 1. The number of nitrogens with zero attached hydrogens (tertiary/aromatic N) is 1. The van der Waals surface area contributed by atoms with Gasteiger partial charge in [0.25, 0.3) is 0 Å².